The number of rotatable bonds is 6. The highest BCUT2D eigenvalue weighted by molar-refractivity contribution is 5.98. The molecule has 5 nitrogen and oxygen atoms in total. The molecule has 0 fully saturated rings. The van der Waals surface area contributed by atoms with Crippen molar-refractivity contribution in [3.05, 3.63) is 53.7 Å². The third-order valence-electron chi connectivity index (χ3n) is 3.69. The van der Waals surface area contributed by atoms with Gasteiger partial charge in [-0.2, -0.15) is 0 Å². The molecule has 2 N–H and O–H groups in total. The average molecular weight is 325 g/mol. The number of hydrogen-bond donors (Lipinski definition) is 2. The summed E-state index contributed by atoms with van der Waals surface area (Å²) in [7, 11) is 0. The third-order valence-corrected chi connectivity index (χ3v) is 3.69. The van der Waals surface area contributed by atoms with E-state index in [9.17, 15) is 9.59 Å². The summed E-state index contributed by atoms with van der Waals surface area (Å²) >= 11 is 0. The van der Waals surface area contributed by atoms with E-state index in [2.05, 4.69) is 15.6 Å². The molecular weight excluding hydrogens is 302 g/mol. The fraction of sp³-hybridized carbons (Fsp3) is 0.316. The Labute approximate surface area is 142 Å². The number of pyridine rings is 1. The molecule has 0 aliphatic carbocycles. The normalized spacial score (nSPS) is 11.6. The van der Waals surface area contributed by atoms with Crippen LogP contribution in [0.25, 0.3) is 11.3 Å². The Morgan fingerprint density at radius 2 is 1.83 bits per heavy atom. The Bertz CT molecular complexity index is 714. The molecule has 0 radical (unpaired) electrons. The molecule has 2 aromatic rings. The minimum absolute atomic E-state index is 0.184. The summed E-state index contributed by atoms with van der Waals surface area (Å²) in [6.45, 7) is 6.05. The Morgan fingerprint density at radius 3 is 2.46 bits per heavy atom. The topological polar surface area (TPSA) is 71.1 Å². The summed E-state index contributed by atoms with van der Waals surface area (Å²) in [5, 5.41) is 5.48. The maximum absolute atomic E-state index is 12.4. The van der Waals surface area contributed by atoms with Crippen molar-refractivity contribution in [1.29, 1.82) is 0 Å². The van der Waals surface area contributed by atoms with Crippen LogP contribution in [0.2, 0.25) is 0 Å². The highest BCUT2D eigenvalue weighted by Crippen LogP contribution is 2.18. The Morgan fingerprint density at radius 1 is 1.12 bits per heavy atom. The van der Waals surface area contributed by atoms with Gasteiger partial charge in [-0.25, -0.2) is 0 Å². The average Bonchev–Trinajstić information content (AvgIpc) is 2.60. The van der Waals surface area contributed by atoms with E-state index in [0.717, 1.165) is 17.7 Å². The minimum atomic E-state index is -0.586. The second-order valence-electron chi connectivity index (χ2n) is 5.68. The van der Waals surface area contributed by atoms with Gasteiger partial charge in [0.25, 0.3) is 5.91 Å². The lowest BCUT2D eigenvalue weighted by molar-refractivity contribution is -0.122. The van der Waals surface area contributed by atoms with Crippen LogP contribution in [0.5, 0.6) is 0 Å². The van der Waals surface area contributed by atoms with Gasteiger partial charge in [-0.1, -0.05) is 37.3 Å². The van der Waals surface area contributed by atoms with E-state index in [1.807, 2.05) is 43.3 Å². The van der Waals surface area contributed by atoms with Crippen LogP contribution >= 0.6 is 0 Å². The highest BCUT2D eigenvalue weighted by Gasteiger charge is 2.18. The monoisotopic (exact) mass is 325 g/mol. The molecule has 1 unspecified atom stereocenters. The largest absolute Gasteiger partial charge is 0.354 e. The van der Waals surface area contributed by atoms with Gasteiger partial charge < -0.3 is 10.6 Å². The van der Waals surface area contributed by atoms with Crippen LogP contribution in [-0.2, 0) is 4.79 Å². The van der Waals surface area contributed by atoms with Gasteiger partial charge in [-0.05, 0) is 32.4 Å². The summed E-state index contributed by atoms with van der Waals surface area (Å²) in [5.74, 6) is -0.476. The molecule has 2 amide bonds. The zero-order valence-electron chi connectivity index (χ0n) is 14.3. The number of carbonyl (C=O) groups is 2. The highest BCUT2D eigenvalue weighted by atomic mass is 16.2. The second-order valence-corrected chi connectivity index (χ2v) is 5.68. The molecule has 0 spiro atoms. The van der Waals surface area contributed by atoms with Crippen molar-refractivity contribution >= 4 is 11.8 Å². The number of hydrogen-bond acceptors (Lipinski definition) is 3. The lowest BCUT2D eigenvalue weighted by Gasteiger charge is -2.15. The van der Waals surface area contributed by atoms with E-state index in [0.29, 0.717) is 17.8 Å². The van der Waals surface area contributed by atoms with E-state index in [-0.39, 0.29) is 11.8 Å². The van der Waals surface area contributed by atoms with Crippen LogP contribution in [0.15, 0.2) is 42.5 Å². The maximum Gasteiger partial charge on any atom is 0.253 e. The summed E-state index contributed by atoms with van der Waals surface area (Å²) < 4.78 is 0. The van der Waals surface area contributed by atoms with Crippen molar-refractivity contribution in [3.63, 3.8) is 0 Å². The summed E-state index contributed by atoms with van der Waals surface area (Å²) in [6.07, 6.45) is 0.858. The van der Waals surface area contributed by atoms with Crippen molar-refractivity contribution in [2.75, 3.05) is 6.54 Å². The molecule has 0 bridgehead atoms. The first-order valence-corrected chi connectivity index (χ1v) is 8.14. The van der Waals surface area contributed by atoms with E-state index >= 15 is 0 Å². The first kappa shape index (κ1) is 17.7. The van der Waals surface area contributed by atoms with Gasteiger partial charge in [-0.3, -0.25) is 14.6 Å². The summed E-state index contributed by atoms with van der Waals surface area (Å²) in [6, 6.07) is 12.8. The number of nitrogens with one attached hydrogen (secondary N) is 2. The van der Waals surface area contributed by atoms with Crippen LogP contribution in [0.1, 0.15) is 36.3 Å². The molecule has 5 heteroatoms. The van der Waals surface area contributed by atoms with E-state index in [4.69, 9.17) is 0 Å². The smallest absolute Gasteiger partial charge is 0.253 e. The molecule has 1 heterocycles. The minimum Gasteiger partial charge on any atom is -0.354 e. The van der Waals surface area contributed by atoms with Crippen molar-refractivity contribution in [3.8, 4) is 11.3 Å². The number of carbonyl (C=O) groups excluding carboxylic acids is 2. The molecule has 0 aliphatic rings. The van der Waals surface area contributed by atoms with Crippen molar-refractivity contribution < 1.29 is 9.59 Å². The number of amides is 2. The van der Waals surface area contributed by atoms with Crippen molar-refractivity contribution in [2.24, 2.45) is 0 Å². The molecular formula is C19H23N3O2. The SMILES string of the molecule is CCCNC(=O)C(C)NC(=O)c1ccc(-c2ccccc2)nc1C. The molecule has 0 saturated heterocycles. The molecule has 2 rings (SSSR count). The lowest BCUT2D eigenvalue weighted by Crippen LogP contribution is -2.45. The van der Waals surface area contributed by atoms with Gasteiger partial charge in [0.05, 0.1) is 17.0 Å². The predicted molar refractivity (Wildman–Crippen MR) is 94.6 cm³/mol. The lowest BCUT2D eigenvalue weighted by atomic mass is 10.1. The Kier molecular flexibility index (Phi) is 6.07. The molecule has 1 aromatic heterocycles. The molecule has 0 saturated carbocycles. The van der Waals surface area contributed by atoms with E-state index in [1.165, 1.54) is 0 Å². The molecule has 1 atom stereocenters. The first-order valence-electron chi connectivity index (χ1n) is 8.14. The molecule has 126 valence electrons. The van der Waals surface area contributed by atoms with Crippen LogP contribution in [0.3, 0.4) is 0 Å². The number of aryl methyl sites for hydroxylation is 1. The van der Waals surface area contributed by atoms with Gasteiger partial charge in [-0.15, -0.1) is 0 Å². The molecule has 0 aliphatic heterocycles. The maximum atomic E-state index is 12.4. The fourth-order valence-corrected chi connectivity index (χ4v) is 2.31. The van der Waals surface area contributed by atoms with E-state index < -0.39 is 6.04 Å². The van der Waals surface area contributed by atoms with Gasteiger partial charge in [0.2, 0.25) is 5.91 Å². The summed E-state index contributed by atoms with van der Waals surface area (Å²) in [4.78, 5) is 28.7. The Balaban J connectivity index is 2.09. The van der Waals surface area contributed by atoms with Crippen LogP contribution in [-0.4, -0.2) is 29.4 Å². The number of nitrogens with zero attached hydrogens (tertiary/aromatic N) is 1. The quantitative estimate of drug-likeness (QED) is 0.858. The van der Waals surface area contributed by atoms with Gasteiger partial charge in [0.1, 0.15) is 6.04 Å². The number of aromatic nitrogens is 1. The zero-order valence-corrected chi connectivity index (χ0v) is 14.3. The van der Waals surface area contributed by atoms with Gasteiger partial charge in [0.15, 0.2) is 0 Å². The predicted octanol–water partition coefficient (Wildman–Crippen LogP) is 2.70. The Hall–Kier alpha value is -2.69. The van der Waals surface area contributed by atoms with E-state index in [1.54, 1.807) is 19.9 Å². The van der Waals surface area contributed by atoms with Crippen LogP contribution < -0.4 is 10.6 Å². The summed E-state index contributed by atoms with van der Waals surface area (Å²) in [5.41, 5.74) is 2.93. The van der Waals surface area contributed by atoms with Crippen LogP contribution in [0.4, 0.5) is 0 Å². The molecule has 1 aromatic carbocycles. The number of benzene rings is 1. The second kappa shape index (κ2) is 8.24. The standard InChI is InChI=1S/C19H23N3O2/c1-4-12-20-18(23)14(3)22-19(24)16-10-11-17(21-13(16)2)15-8-6-5-7-9-15/h5-11,14H,4,12H2,1-3H3,(H,20,23)(H,22,24). The van der Waals surface area contributed by atoms with Crippen molar-refractivity contribution in [1.82, 2.24) is 15.6 Å². The zero-order chi connectivity index (χ0) is 17.5. The van der Waals surface area contributed by atoms with Gasteiger partial charge in [0, 0.05) is 12.1 Å². The van der Waals surface area contributed by atoms with Gasteiger partial charge >= 0.3 is 0 Å². The third kappa shape index (κ3) is 4.41. The van der Waals surface area contributed by atoms with Crippen LogP contribution in [0, 0.1) is 6.92 Å². The molecule has 24 heavy (non-hydrogen) atoms. The first-order chi connectivity index (χ1) is 11.5. The van der Waals surface area contributed by atoms with Crippen molar-refractivity contribution in [2.45, 2.75) is 33.2 Å². The fourth-order valence-electron chi connectivity index (χ4n) is 2.31.